The number of hydrogen-bond donors (Lipinski definition) is 1. The Hall–Kier alpha value is -1.17. The lowest BCUT2D eigenvalue weighted by Crippen LogP contribution is -2.34. The molecule has 1 heterocycles. The Labute approximate surface area is 121 Å². The Kier molecular flexibility index (Phi) is 4.39. The van der Waals surface area contributed by atoms with Crippen LogP contribution in [0.1, 0.15) is 31.5 Å². The molecular formula is C13H19BrN4O. The number of carbonyl (C=O) groups excluding carboxylic acids is 1. The van der Waals surface area contributed by atoms with E-state index in [1.165, 1.54) is 12.8 Å². The number of aromatic nitrogens is 2. The van der Waals surface area contributed by atoms with Gasteiger partial charge in [0.1, 0.15) is 16.2 Å². The van der Waals surface area contributed by atoms with Gasteiger partial charge in [0.05, 0.1) is 5.92 Å². The summed E-state index contributed by atoms with van der Waals surface area (Å²) >= 11 is 3.43. The zero-order valence-corrected chi connectivity index (χ0v) is 13.1. The summed E-state index contributed by atoms with van der Waals surface area (Å²) in [6.45, 7) is 2.54. The normalized spacial score (nSPS) is 16.0. The largest absolute Gasteiger partial charge is 0.359 e. The second-order valence-electron chi connectivity index (χ2n) is 5.08. The SMILES string of the molecule is CNC(=O)C(C)CN(C)c1cc(Br)nc(C2CC2)n1. The van der Waals surface area contributed by atoms with Gasteiger partial charge < -0.3 is 10.2 Å². The summed E-state index contributed by atoms with van der Waals surface area (Å²) in [5.41, 5.74) is 0. The standard InChI is InChI=1S/C13H19BrN4O/c1-8(13(19)15-2)7-18(3)11-6-10(14)16-12(17-11)9-4-5-9/h6,8-9H,4-5,7H2,1-3H3,(H,15,19). The molecule has 1 atom stereocenters. The molecule has 1 aliphatic rings. The van der Waals surface area contributed by atoms with Crippen LogP contribution in [-0.2, 0) is 4.79 Å². The van der Waals surface area contributed by atoms with Crippen LogP contribution in [0.3, 0.4) is 0 Å². The van der Waals surface area contributed by atoms with Gasteiger partial charge in [0.15, 0.2) is 0 Å². The first-order chi connectivity index (χ1) is 9.01. The van der Waals surface area contributed by atoms with Crippen molar-refractivity contribution in [3.05, 3.63) is 16.5 Å². The minimum absolute atomic E-state index is 0.0439. The predicted octanol–water partition coefficient (Wildman–Crippen LogP) is 1.93. The van der Waals surface area contributed by atoms with Crippen molar-refractivity contribution in [1.29, 1.82) is 0 Å². The highest BCUT2D eigenvalue weighted by Crippen LogP contribution is 2.39. The van der Waals surface area contributed by atoms with E-state index in [0.717, 1.165) is 16.2 Å². The van der Waals surface area contributed by atoms with Crippen molar-refractivity contribution in [1.82, 2.24) is 15.3 Å². The third kappa shape index (κ3) is 3.65. The molecule has 0 spiro atoms. The molecule has 0 aliphatic heterocycles. The van der Waals surface area contributed by atoms with Crippen LogP contribution in [0.4, 0.5) is 5.82 Å². The third-order valence-electron chi connectivity index (χ3n) is 3.27. The van der Waals surface area contributed by atoms with Crippen molar-refractivity contribution in [3.8, 4) is 0 Å². The van der Waals surface area contributed by atoms with Crippen LogP contribution in [0.15, 0.2) is 10.7 Å². The van der Waals surface area contributed by atoms with Crippen molar-refractivity contribution < 1.29 is 4.79 Å². The van der Waals surface area contributed by atoms with E-state index in [1.54, 1.807) is 7.05 Å². The van der Waals surface area contributed by atoms with E-state index in [0.29, 0.717) is 12.5 Å². The predicted molar refractivity (Wildman–Crippen MR) is 78.2 cm³/mol. The molecule has 0 aromatic carbocycles. The molecule has 1 N–H and O–H groups in total. The second-order valence-corrected chi connectivity index (χ2v) is 5.89. The van der Waals surface area contributed by atoms with E-state index >= 15 is 0 Å². The topological polar surface area (TPSA) is 58.1 Å². The number of carbonyl (C=O) groups is 1. The molecule has 1 aliphatic carbocycles. The number of nitrogens with zero attached hydrogens (tertiary/aromatic N) is 3. The molecule has 1 unspecified atom stereocenters. The highest BCUT2D eigenvalue weighted by molar-refractivity contribution is 9.10. The van der Waals surface area contributed by atoms with Crippen LogP contribution >= 0.6 is 15.9 Å². The third-order valence-corrected chi connectivity index (χ3v) is 3.68. The molecule has 2 rings (SSSR count). The van der Waals surface area contributed by atoms with Crippen LogP contribution in [0.2, 0.25) is 0 Å². The molecule has 0 saturated heterocycles. The molecule has 1 aromatic rings. The first-order valence-electron chi connectivity index (χ1n) is 6.48. The van der Waals surface area contributed by atoms with Gasteiger partial charge in [0, 0.05) is 32.6 Å². The van der Waals surface area contributed by atoms with Crippen LogP contribution in [0.25, 0.3) is 0 Å². The van der Waals surface area contributed by atoms with Gasteiger partial charge in [-0.25, -0.2) is 9.97 Å². The van der Waals surface area contributed by atoms with Gasteiger partial charge in [0.25, 0.3) is 0 Å². The van der Waals surface area contributed by atoms with Gasteiger partial charge in [0.2, 0.25) is 5.91 Å². The molecule has 1 aromatic heterocycles. The summed E-state index contributed by atoms with van der Waals surface area (Å²) in [7, 11) is 3.61. The Balaban J connectivity index is 2.09. The fourth-order valence-electron chi connectivity index (χ4n) is 1.98. The zero-order chi connectivity index (χ0) is 14.0. The zero-order valence-electron chi connectivity index (χ0n) is 11.5. The average molecular weight is 327 g/mol. The maximum absolute atomic E-state index is 11.6. The van der Waals surface area contributed by atoms with Crippen molar-refractivity contribution in [3.63, 3.8) is 0 Å². The van der Waals surface area contributed by atoms with Gasteiger partial charge in [-0.15, -0.1) is 0 Å². The molecule has 0 bridgehead atoms. The second kappa shape index (κ2) is 5.86. The number of nitrogens with one attached hydrogen (secondary N) is 1. The van der Waals surface area contributed by atoms with Gasteiger partial charge in [-0.3, -0.25) is 4.79 Å². The fraction of sp³-hybridized carbons (Fsp3) is 0.615. The molecule has 1 amide bonds. The maximum atomic E-state index is 11.6. The first-order valence-corrected chi connectivity index (χ1v) is 7.27. The quantitative estimate of drug-likeness (QED) is 0.840. The number of rotatable bonds is 5. The van der Waals surface area contributed by atoms with Gasteiger partial charge >= 0.3 is 0 Å². The van der Waals surface area contributed by atoms with Gasteiger partial charge in [-0.2, -0.15) is 0 Å². The smallest absolute Gasteiger partial charge is 0.224 e. The van der Waals surface area contributed by atoms with Crippen molar-refractivity contribution >= 4 is 27.7 Å². The van der Waals surface area contributed by atoms with Crippen molar-refractivity contribution in [2.45, 2.75) is 25.7 Å². The molecule has 5 nitrogen and oxygen atoms in total. The molecule has 1 saturated carbocycles. The summed E-state index contributed by atoms with van der Waals surface area (Å²) in [5.74, 6) is 2.25. The van der Waals surface area contributed by atoms with E-state index in [1.807, 2.05) is 24.9 Å². The van der Waals surface area contributed by atoms with Crippen LogP contribution in [0, 0.1) is 5.92 Å². The van der Waals surface area contributed by atoms with Gasteiger partial charge in [-0.1, -0.05) is 6.92 Å². The van der Waals surface area contributed by atoms with Crippen LogP contribution in [-0.4, -0.2) is 36.5 Å². The molecule has 0 radical (unpaired) electrons. The minimum Gasteiger partial charge on any atom is -0.359 e. The van der Waals surface area contributed by atoms with Crippen molar-refractivity contribution in [2.75, 3.05) is 25.5 Å². The Morgan fingerprint density at radius 3 is 2.84 bits per heavy atom. The van der Waals surface area contributed by atoms with E-state index in [-0.39, 0.29) is 11.8 Å². The van der Waals surface area contributed by atoms with E-state index in [2.05, 4.69) is 31.2 Å². The Morgan fingerprint density at radius 2 is 2.26 bits per heavy atom. The summed E-state index contributed by atoms with van der Waals surface area (Å²) in [4.78, 5) is 22.5. The first kappa shape index (κ1) is 14.2. The highest BCUT2D eigenvalue weighted by atomic mass is 79.9. The fourth-order valence-corrected chi connectivity index (χ4v) is 2.36. The minimum atomic E-state index is -0.0758. The lowest BCUT2D eigenvalue weighted by molar-refractivity contribution is -0.123. The molecule has 1 fully saturated rings. The molecular weight excluding hydrogens is 308 g/mol. The van der Waals surface area contributed by atoms with Gasteiger partial charge in [-0.05, 0) is 28.8 Å². The Bertz CT molecular complexity index is 476. The van der Waals surface area contributed by atoms with Crippen molar-refractivity contribution in [2.24, 2.45) is 5.92 Å². The number of halogens is 1. The lowest BCUT2D eigenvalue weighted by atomic mass is 10.1. The summed E-state index contributed by atoms with van der Waals surface area (Å²) in [6, 6.07) is 1.89. The Morgan fingerprint density at radius 1 is 1.58 bits per heavy atom. The highest BCUT2D eigenvalue weighted by Gasteiger charge is 2.27. The summed E-state index contributed by atoms with van der Waals surface area (Å²) < 4.78 is 0.804. The molecule has 19 heavy (non-hydrogen) atoms. The number of amides is 1. The molecule has 104 valence electrons. The summed E-state index contributed by atoms with van der Waals surface area (Å²) in [5, 5.41) is 2.66. The number of anilines is 1. The van der Waals surface area contributed by atoms with E-state index in [4.69, 9.17) is 0 Å². The van der Waals surface area contributed by atoms with Crippen LogP contribution in [0.5, 0.6) is 0 Å². The maximum Gasteiger partial charge on any atom is 0.224 e. The van der Waals surface area contributed by atoms with E-state index < -0.39 is 0 Å². The lowest BCUT2D eigenvalue weighted by Gasteiger charge is -2.22. The molecule has 6 heteroatoms. The monoisotopic (exact) mass is 326 g/mol. The van der Waals surface area contributed by atoms with Crippen LogP contribution < -0.4 is 10.2 Å². The van der Waals surface area contributed by atoms with E-state index in [9.17, 15) is 4.79 Å². The average Bonchev–Trinajstić information content (AvgIpc) is 3.21. The summed E-state index contributed by atoms with van der Waals surface area (Å²) in [6.07, 6.45) is 2.35. The number of hydrogen-bond acceptors (Lipinski definition) is 4.